The summed E-state index contributed by atoms with van der Waals surface area (Å²) >= 11 is 0. The van der Waals surface area contributed by atoms with Crippen LogP contribution in [0.15, 0.2) is 60.7 Å². The van der Waals surface area contributed by atoms with Crippen molar-refractivity contribution < 1.29 is 28.8 Å². The van der Waals surface area contributed by atoms with Gasteiger partial charge in [0.15, 0.2) is 11.5 Å². The number of rotatable bonds is 10. The smallest absolute Gasteiger partial charge is 0.308 e. The van der Waals surface area contributed by atoms with Gasteiger partial charge < -0.3 is 24.1 Å². The summed E-state index contributed by atoms with van der Waals surface area (Å²) in [5.41, 5.74) is 3.08. The van der Waals surface area contributed by atoms with Crippen molar-refractivity contribution in [3.05, 3.63) is 82.9 Å². The van der Waals surface area contributed by atoms with Crippen molar-refractivity contribution in [1.82, 2.24) is 0 Å². The number of hydrogen-bond acceptors (Lipinski definition) is 5. The van der Waals surface area contributed by atoms with Crippen LogP contribution in [0.5, 0.6) is 23.0 Å². The van der Waals surface area contributed by atoms with Crippen molar-refractivity contribution in [2.75, 3.05) is 14.2 Å². The first-order chi connectivity index (χ1) is 17.0. The zero-order chi connectivity index (χ0) is 24.6. The van der Waals surface area contributed by atoms with E-state index in [1.807, 2.05) is 60.7 Å². The molecule has 2 bridgehead atoms. The molecule has 182 valence electrons. The summed E-state index contributed by atoms with van der Waals surface area (Å²) in [6, 6.07) is 19.6. The fraction of sp³-hybridized carbons (Fsp3) is 0.345. The summed E-state index contributed by atoms with van der Waals surface area (Å²) in [4.78, 5) is 13.1. The second kappa shape index (κ2) is 9.17. The van der Waals surface area contributed by atoms with Gasteiger partial charge in [0.2, 0.25) is 6.29 Å². The van der Waals surface area contributed by atoms with E-state index in [1.165, 1.54) is 0 Å². The quantitative estimate of drug-likeness (QED) is 0.425. The van der Waals surface area contributed by atoms with Gasteiger partial charge in [0.25, 0.3) is 0 Å². The average molecular weight is 475 g/mol. The molecule has 35 heavy (non-hydrogen) atoms. The largest absolute Gasteiger partial charge is 0.497 e. The highest BCUT2D eigenvalue weighted by molar-refractivity contribution is 5.75. The van der Waals surface area contributed by atoms with Crippen molar-refractivity contribution in [3.63, 3.8) is 0 Å². The molecule has 0 saturated carbocycles. The third-order valence-electron chi connectivity index (χ3n) is 7.33. The van der Waals surface area contributed by atoms with Crippen molar-refractivity contribution in [3.8, 4) is 23.0 Å². The monoisotopic (exact) mass is 474 g/mol. The molecule has 0 saturated heterocycles. The van der Waals surface area contributed by atoms with Gasteiger partial charge in [0, 0.05) is 11.0 Å². The highest BCUT2D eigenvalue weighted by Gasteiger charge is 2.47. The van der Waals surface area contributed by atoms with Crippen molar-refractivity contribution in [2.45, 2.75) is 44.3 Å². The van der Waals surface area contributed by atoms with E-state index in [2.05, 4.69) is 6.92 Å². The van der Waals surface area contributed by atoms with Crippen LogP contribution in [0.25, 0.3) is 0 Å². The maximum atomic E-state index is 13.1. The molecular weight excluding hydrogens is 444 g/mol. The summed E-state index contributed by atoms with van der Waals surface area (Å²) in [6.45, 7) is 2.09. The molecule has 3 aromatic carbocycles. The summed E-state index contributed by atoms with van der Waals surface area (Å²) in [5.74, 6) is 1.32. The Morgan fingerprint density at radius 1 is 0.943 bits per heavy atom. The number of carboxylic acids is 1. The molecule has 0 amide bonds. The number of carbonyl (C=O) groups is 1. The molecule has 5 rings (SSSR count). The van der Waals surface area contributed by atoms with Gasteiger partial charge in [-0.3, -0.25) is 4.79 Å². The zero-order valence-corrected chi connectivity index (χ0v) is 20.2. The van der Waals surface area contributed by atoms with E-state index >= 15 is 0 Å². The second-order valence-corrected chi connectivity index (χ2v) is 9.18. The first-order valence-electron chi connectivity index (χ1n) is 12.0. The van der Waals surface area contributed by atoms with E-state index in [1.54, 1.807) is 14.2 Å². The fourth-order valence-electron chi connectivity index (χ4n) is 5.67. The van der Waals surface area contributed by atoms with Crippen LogP contribution >= 0.6 is 0 Å². The molecule has 0 aliphatic carbocycles. The van der Waals surface area contributed by atoms with Crippen molar-refractivity contribution >= 4 is 5.97 Å². The van der Waals surface area contributed by atoms with Gasteiger partial charge in [-0.1, -0.05) is 49.7 Å². The summed E-state index contributed by atoms with van der Waals surface area (Å²) < 4.78 is 22.6. The minimum Gasteiger partial charge on any atom is -0.497 e. The lowest BCUT2D eigenvalue weighted by Gasteiger charge is -2.40. The maximum Gasteiger partial charge on any atom is 0.308 e. The predicted octanol–water partition coefficient (Wildman–Crippen LogP) is 5.39. The number of fused-ring (bicyclic) bond motifs is 1. The first-order valence-corrected chi connectivity index (χ1v) is 12.0. The van der Waals surface area contributed by atoms with Crippen LogP contribution in [-0.4, -0.2) is 31.6 Å². The average Bonchev–Trinajstić information content (AvgIpc) is 3.50. The van der Waals surface area contributed by atoms with E-state index in [4.69, 9.17) is 18.9 Å². The Labute approximate surface area is 205 Å². The summed E-state index contributed by atoms with van der Waals surface area (Å²) in [7, 11) is 3.25. The van der Waals surface area contributed by atoms with E-state index in [0.717, 1.165) is 52.3 Å². The number of hydrogen-bond donors (Lipinski definition) is 1. The van der Waals surface area contributed by atoms with E-state index in [9.17, 15) is 9.90 Å². The molecule has 6 nitrogen and oxygen atoms in total. The Bertz CT molecular complexity index is 1170. The highest BCUT2D eigenvalue weighted by atomic mass is 16.7. The molecule has 0 spiro atoms. The summed E-state index contributed by atoms with van der Waals surface area (Å²) in [6.07, 6.45) is 2.22. The molecule has 2 unspecified atom stereocenters. The van der Waals surface area contributed by atoms with Crippen molar-refractivity contribution in [1.29, 1.82) is 0 Å². The lowest BCUT2D eigenvalue weighted by Crippen LogP contribution is -2.42. The zero-order valence-electron chi connectivity index (χ0n) is 20.2. The van der Waals surface area contributed by atoms with Crippen LogP contribution in [-0.2, 0) is 23.1 Å². The number of aliphatic carboxylic acids is 1. The van der Waals surface area contributed by atoms with Gasteiger partial charge >= 0.3 is 5.97 Å². The molecular formula is C29H30O6. The normalized spacial score (nSPS) is 16.4. The SMILES string of the molecule is CCCC(c1ccc(OC)cc1)(c1ccc(OC)cc1)C(Cc1ccc2c3c1OC(C2)O3)C(=O)O. The first kappa shape index (κ1) is 23.1. The molecule has 3 aromatic rings. The molecule has 2 atom stereocenters. The number of ether oxygens (including phenoxy) is 4. The Balaban J connectivity index is 1.67. The van der Waals surface area contributed by atoms with Crippen LogP contribution in [0, 0.1) is 5.92 Å². The standard InChI is InChI=1S/C29H30O6/c1-4-15-29(20-7-11-22(32-2)12-8-20,21-9-13-23(33-3)14-10-21)24(28(30)31)16-18-5-6-19-17-25-34-26(18)27(19)35-25/h5-14,24-25H,4,15-17H2,1-3H3,(H,30,31). The topological polar surface area (TPSA) is 74.2 Å². The van der Waals surface area contributed by atoms with E-state index in [-0.39, 0.29) is 6.29 Å². The Morgan fingerprint density at radius 3 is 2.00 bits per heavy atom. The van der Waals surface area contributed by atoms with Gasteiger partial charge in [0.05, 0.1) is 26.6 Å². The third kappa shape index (κ3) is 3.87. The lowest BCUT2D eigenvalue weighted by atomic mass is 9.61. The number of methoxy groups -OCH3 is 2. The molecule has 1 N–H and O–H groups in total. The van der Waals surface area contributed by atoms with Gasteiger partial charge in [0.1, 0.15) is 11.5 Å². The second-order valence-electron chi connectivity index (χ2n) is 9.18. The van der Waals surface area contributed by atoms with Crippen LogP contribution in [0.2, 0.25) is 0 Å². The number of carboxylic acid groups (broad SMARTS) is 1. The molecule has 6 heteroatoms. The van der Waals surface area contributed by atoms with Crippen LogP contribution < -0.4 is 18.9 Å². The van der Waals surface area contributed by atoms with Crippen molar-refractivity contribution in [2.24, 2.45) is 5.92 Å². The molecule has 0 radical (unpaired) electrons. The molecule has 2 aliphatic rings. The Morgan fingerprint density at radius 2 is 1.51 bits per heavy atom. The van der Waals surface area contributed by atoms with Crippen LogP contribution in [0.1, 0.15) is 42.0 Å². The molecule has 0 fully saturated rings. The predicted molar refractivity (Wildman–Crippen MR) is 132 cm³/mol. The third-order valence-corrected chi connectivity index (χ3v) is 7.33. The lowest BCUT2D eigenvalue weighted by molar-refractivity contribution is -0.144. The minimum absolute atomic E-state index is 0.290. The van der Waals surface area contributed by atoms with E-state index in [0.29, 0.717) is 18.6 Å². The highest BCUT2D eigenvalue weighted by Crippen LogP contribution is 2.51. The van der Waals surface area contributed by atoms with Crippen LogP contribution in [0.4, 0.5) is 0 Å². The minimum atomic E-state index is -0.851. The van der Waals surface area contributed by atoms with Gasteiger partial charge in [-0.05, 0) is 53.8 Å². The molecule has 0 aromatic heterocycles. The van der Waals surface area contributed by atoms with Gasteiger partial charge in [-0.25, -0.2) is 0 Å². The fourth-order valence-corrected chi connectivity index (χ4v) is 5.67. The van der Waals surface area contributed by atoms with E-state index < -0.39 is 17.3 Å². The maximum absolute atomic E-state index is 13.1. The number of benzene rings is 3. The van der Waals surface area contributed by atoms with Gasteiger partial charge in [-0.2, -0.15) is 0 Å². The van der Waals surface area contributed by atoms with Crippen LogP contribution in [0.3, 0.4) is 0 Å². The van der Waals surface area contributed by atoms with Gasteiger partial charge in [-0.15, -0.1) is 0 Å². The Kier molecular flexibility index (Phi) is 6.05. The summed E-state index contributed by atoms with van der Waals surface area (Å²) in [5, 5.41) is 10.7. The molecule has 2 aliphatic heterocycles. The molecule has 2 heterocycles. The Hall–Kier alpha value is -3.67.